The average Bonchev–Trinajstić information content (AvgIpc) is 2.97. The highest BCUT2D eigenvalue weighted by Crippen LogP contribution is 2.42. The quantitative estimate of drug-likeness (QED) is 0.232. The standard InChI is InChI=1S/C27H27ClF2N6O4S/c1-39-21-13-16(23-19(28)4-3-17(24(23)30)20(29)6-7-33-41(37)38)12-18-25(21)34-26(15-2-5-22(31)32-14-15)35-27(18)36-8-10-40-11-9-36/h2-5,12-14,20,33H,6-11H2,1H3,(H2,31,32)(H,37,38). The lowest BCUT2D eigenvalue weighted by Crippen LogP contribution is -2.37. The first kappa shape index (κ1) is 29.0. The van der Waals surface area contributed by atoms with Crippen LogP contribution in [0.2, 0.25) is 5.02 Å². The summed E-state index contributed by atoms with van der Waals surface area (Å²) in [7, 11) is 1.48. The zero-order valence-electron chi connectivity index (χ0n) is 21.9. The molecule has 3 heterocycles. The van der Waals surface area contributed by atoms with E-state index in [9.17, 15) is 4.21 Å². The van der Waals surface area contributed by atoms with Crippen molar-refractivity contribution in [3.63, 3.8) is 0 Å². The number of nitrogens with two attached hydrogens (primary N) is 1. The van der Waals surface area contributed by atoms with Gasteiger partial charge in [0.2, 0.25) is 11.3 Å². The molecular formula is C27H27ClF2N6O4S. The number of fused-ring (bicyclic) bond motifs is 1. The zero-order valence-corrected chi connectivity index (χ0v) is 23.5. The summed E-state index contributed by atoms with van der Waals surface area (Å²) in [4.78, 5) is 15.8. The van der Waals surface area contributed by atoms with Crippen molar-refractivity contribution in [1.82, 2.24) is 19.7 Å². The predicted octanol–water partition coefficient (Wildman–Crippen LogP) is 4.71. The minimum Gasteiger partial charge on any atom is -0.494 e. The van der Waals surface area contributed by atoms with Crippen LogP contribution < -0.4 is 20.1 Å². The van der Waals surface area contributed by atoms with Crippen molar-refractivity contribution in [3.8, 4) is 28.3 Å². The molecule has 0 saturated carbocycles. The van der Waals surface area contributed by atoms with Crippen LogP contribution in [0.3, 0.4) is 0 Å². The Balaban J connectivity index is 1.67. The molecule has 4 aromatic rings. The maximum atomic E-state index is 15.9. The molecule has 2 unspecified atom stereocenters. The maximum Gasteiger partial charge on any atom is 0.231 e. The Morgan fingerprint density at radius 2 is 2.00 bits per heavy atom. The number of alkyl halides is 1. The van der Waals surface area contributed by atoms with Gasteiger partial charge in [0, 0.05) is 47.9 Å². The normalized spacial score (nSPS) is 15.2. The lowest BCUT2D eigenvalue weighted by atomic mass is 9.97. The SMILES string of the molecule is COc1cc(-c2c(Cl)ccc(C(F)CCNS(=O)O)c2F)cc2c(N3CCOCC3)nc(-c3ccc(N)nc3)nc12. The first-order valence-corrected chi connectivity index (χ1v) is 14.2. The summed E-state index contributed by atoms with van der Waals surface area (Å²) >= 11 is 4.18. The Morgan fingerprint density at radius 3 is 2.68 bits per heavy atom. The number of anilines is 2. The third kappa shape index (κ3) is 6.23. The summed E-state index contributed by atoms with van der Waals surface area (Å²) in [5.74, 6) is 0.855. The Bertz CT molecular complexity index is 1590. The number of hydrogen-bond donors (Lipinski definition) is 3. The molecule has 0 radical (unpaired) electrons. The zero-order chi connectivity index (χ0) is 29.1. The van der Waals surface area contributed by atoms with E-state index in [0.29, 0.717) is 71.5 Å². The minimum atomic E-state index is -2.30. The van der Waals surface area contributed by atoms with Crippen molar-refractivity contribution >= 4 is 45.4 Å². The molecule has 41 heavy (non-hydrogen) atoms. The molecule has 5 rings (SSSR count). The molecule has 1 fully saturated rings. The van der Waals surface area contributed by atoms with Crippen LogP contribution in [0.1, 0.15) is 18.2 Å². The summed E-state index contributed by atoms with van der Waals surface area (Å²) in [6, 6.07) is 9.44. The number of benzene rings is 2. The molecule has 10 nitrogen and oxygen atoms in total. The predicted molar refractivity (Wildman–Crippen MR) is 154 cm³/mol. The number of pyridine rings is 1. The second-order valence-corrected chi connectivity index (χ2v) is 10.4. The van der Waals surface area contributed by atoms with E-state index in [-0.39, 0.29) is 29.1 Å². The molecule has 0 bridgehead atoms. The van der Waals surface area contributed by atoms with Crippen molar-refractivity contribution < 1.29 is 27.0 Å². The van der Waals surface area contributed by atoms with Gasteiger partial charge in [0.25, 0.3) is 0 Å². The Kier molecular flexibility index (Phi) is 8.90. The van der Waals surface area contributed by atoms with Crippen molar-refractivity contribution in [2.24, 2.45) is 0 Å². The number of nitrogens with one attached hydrogen (secondary N) is 1. The molecule has 0 amide bonds. The number of aromatic nitrogens is 3. The number of ether oxygens (including phenoxy) is 2. The Hall–Kier alpha value is -3.49. The highest BCUT2D eigenvalue weighted by Gasteiger charge is 2.25. The molecule has 1 aliphatic rings. The molecule has 4 N–H and O–H groups in total. The van der Waals surface area contributed by atoms with Crippen LogP contribution in [0.25, 0.3) is 33.4 Å². The van der Waals surface area contributed by atoms with Gasteiger partial charge in [-0.25, -0.2) is 32.7 Å². The van der Waals surface area contributed by atoms with Crippen molar-refractivity contribution in [2.45, 2.75) is 12.6 Å². The summed E-state index contributed by atoms with van der Waals surface area (Å²) < 4.78 is 64.1. The summed E-state index contributed by atoms with van der Waals surface area (Å²) in [6.07, 6.45) is -0.376. The van der Waals surface area contributed by atoms with E-state index in [2.05, 4.69) is 14.6 Å². The van der Waals surface area contributed by atoms with Gasteiger partial charge in [0.1, 0.15) is 34.9 Å². The van der Waals surface area contributed by atoms with Crippen LogP contribution in [0, 0.1) is 5.82 Å². The third-order valence-electron chi connectivity index (χ3n) is 6.69. The molecule has 14 heteroatoms. The minimum absolute atomic E-state index is 0.00884. The average molecular weight is 605 g/mol. The lowest BCUT2D eigenvalue weighted by Gasteiger charge is -2.29. The summed E-state index contributed by atoms with van der Waals surface area (Å²) in [5, 5.41) is 0.661. The van der Waals surface area contributed by atoms with Gasteiger partial charge < -0.3 is 20.1 Å². The number of hydrogen-bond acceptors (Lipinski definition) is 8. The fourth-order valence-corrected chi connectivity index (χ4v) is 5.22. The topological polar surface area (TPSA) is 136 Å². The van der Waals surface area contributed by atoms with Crippen molar-refractivity contribution in [3.05, 3.63) is 59.0 Å². The first-order valence-electron chi connectivity index (χ1n) is 12.7. The molecule has 0 aliphatic carbocycles. The van der Waals surface area contributed by atoms with Gasteiger partial charge in [0.05, 0.1) is 25.3 Å². The maximum absolute atomic E-state index is 15.9. The van der Waals surface area contributed by atoms with Gasteiger partial charge in [-0.1, -0.05) is 17.7 Å². The molecule has 2 atom stereocenters. The van der Waals surface area contributed by atoms with Crippen LogP contribution in [0.4, 0.5) is 20.4 Å². The van der Waals surface area contributed by atoms with Crippen LogP contribution in [0.5, 0.6) is 5.75 Å². The molecule has 2 aromatic heterocycles. The van der Waals surface area contributed by atoms with Gasteiger partial charge in [-0.3, -0.25) is 4.55 Å². The molecule has 1 aliphatic heterocycles. The highest BCUT2D eigenvalue weighted by atomic mass is 35.5. The van der Waals surface area contributed by atoms with Gasteiger partial charge >= 0.3 is 0 Å². The van der Waals surface area contributed by atoms with E-state index in [1.54, 1.807) is 30.5 Å². The number of nitrogens with zero attached hydrogens (tertiary/aromatic N) is 4. The second-order valence-electron chi connectivity index (χ2n) is 9.24. The number of morpholine rings is 1. The second kappa shape index (κ2) is 12.6. The van der Waals surface area contributed by atoms with Crippen LogP contribution in [0.15, 0.2) is 42.6 Å². The lowest BCUT2D eigenvalue weighted by molar-refractivity contribution is 0.122. The van der Waals surface area contributed by atoms with E-state index in [4.69, 9.17) is 41.3 Å². The van der Waals surface area contributed by atoms with Crippen LogP contribution in [-0.2, 0) is 16.0 Å². The summed E-state index contributed by atoms with van der Waals surface area (Å²) in [6.45, 7) is 2.01. The van der Waals surface area contributed by atoms with Crippen LogP contribution in [-0.4, -0.2) is 63.7 Å². The van der Waals surface area contributed by atoms with E-state index in [0.717, 1.165) is 0 Å². The number of rotatable bonds is 9. The monoisotopic (exact) mass is 604 g/mol. The number of methoxy groups -OCH3 is 1. The molecule has 0 spiro atoms. The highest BCUT2D eigenvalue weighted by molar-refractivity contribution is 7.77. The molecule has 2 aromatic carbocycles. The first-order chi connectivity index (χ1) is 19.8. The van der Waals surface area contributed by atoms with Crippen molar-refractivity contribution in [2.75, 3.05) is 50.6 Å². The summed E-state index contributed by atoms with van der Waals surface area (Å²) in [5.41, 5.74) is 7.02. The Morgan fingerprint density at radius 1 is 1.22 bits per heavy atom. The third-order valence-corrected chi connectivity index (χ3v) is 7.46. The van der Waals surface area contributed by atoms with E-state index >= 15 is 8.78 Å². The van der Waals surface area contributed by atoms with Crippen molar-refractivity contribution in [1.29, 1.82) is 0 Å². The molecule has 216 valence electrons. The number of halogens is 3. The van der Waals surface area contributed by atoms with E-state index < -0.39 is 23.3 Å². The fraction of sp³-hybridized carbons (Fsp3) is 0.296. The Labute approximate surface area is 242 Å². The van der Waals surface area contributed by atoms with E-state index in [1.165, 1.54) is 19.2 Å². The number of nitrogen functional groups attached to an aromatic ring is 1. The largest absolute Gasteiger partial charge is 0.494 e. The van der Waals surface area contributed by atoms with Gasteiger partial charge in [-0.05, 0) is 42.3 Å². The van der Waals surface area contributed by atoms with Gasteiger partial charge in [-0.2, -0.15) is 0 Å². The fourth-order valence-electron chi connectivity index (χ4n) is 4.67. The van der Waals surface area contributed by atoms with Crippen LogP contribution >= 0.6 is 11.6 Å². The smallest absolute Gasteiger partial charge is 0.231 e. The van der Waals surface area contributed by atoms with Gasteiger partial charge in [0.15, 0.2) is 5.82 Å². The molecule has 1 saturated heterocycles. The van der Waals surface area contributed by atoms with E-state index in [1.807, 2.05) is 0 Å². The molecular weight excluding hydrogens is 578 g/mol. The van der Waals surface area contributed by atoms with Gasteiger partial charge in [-0.15, -0.1) is 0 Å².